The minimum Gasteiger partial charge on any atom is -0.496 e. The molecule has 1 aromatic carbocycles. The molecule has 2 heterocycles. The fourth-order valence-corrected chi connectivity index (χ4v) is 3.89. The van der Waals surface area contributed by atoms with Gasteiger partial charge in [-0.2, -0.15) is 0 Å². The zero-order valence-electron chi connectivity index (χ0n) is 19.2. The molecular formula is C24H29ClN6O2. The number of aromatic nitrogens is 3. The Morgan fingerprint density at radius 2 is 2.06 bits per heavy atom. The highest BCUT2D eigenvalue weighted by Crippen LogP contribution is 2.43. The smallest absolute Gasteiger partial charge is 0.139 e. The maximum Gasteiger partial charge on any atom is 0.139 e. The van der Waals surface area contributed by atoms with Gasteiger partial charge in [0.1, 0.15) is 29.5 Å². The number of allylic oxidation sites excluding steroid dienone is 1. The second-order valence-electron chi connectivity index (χ2n) is 7.69. The van der Waals surface area contributed by atoms with Crippen molar-refractivity contribution in [1.82, 2.24) is 15.0 Å². The first-order valence-corrected chi connectivity index (χ1v) is 10.9. The van der Waals surface area contributed by atoms with Gasteiger partial charge in [0.15, 0.2) is 0 Å². The molecule has 5 N–H and O–H groups in total. The van der Waals surface area contributed by atoms with Crippen LogP contribution in [0.1, 0.15) is 36.6 Å². The molecule has 0 aliphatic carbocycles. The van der Waals surface area contributed by atoms with Gasteiger partial charge in [-0.15, -0.1) is 0 Å². The number of pyridine rings is 1. The van der Waals surface area contributed by atoms with Crippen LogP contribution in [0.5, 0.6) is 5.75 Å². The van der Waals surface area contributed by atoms with E-state index in [1.807, 2.05) is 39.0 Å². The number of ether oxygens (including phenoxy) is 1. The van der Waals surface area contributed by atoms with Crippen LogP contribution in [0.4, 0.5) is 17.5 Å². The van der Waals surface area contributed by atoms with Gasteiger partial charge in [-0.1, -0.05) is 18.2 Å². The van der Waals surface area contributed by atoms with Gasteiger partial charge in [0, 0.05) is 34.5 Å². The van der Waals surface area contributed by atoms with E-state index in [-0.39, 0.29) is 12.6 Å². The van der Waals surface area contributed by atoms with Gasteiger partial charge in [0.05, 0.1) is 25.3 Å². The van der Waals surface area contributed by atoms with Crippen molar-refractivity contribution < 1.29 is 9.84 Å². The third-order valence-electron chi connectivity index (χ3n) is 5.30. The van der Waals surface area contributed by atoms with Crippen LogP contribution in [-0.4, -0.2) is 40.3 Å². The highest BCUT2D eigenvalue weighted by Gasteiger charge is 2.22. The molecule has 8 nitrogen and oxygen atoms in total. The first kappa shape index (κ1) is 24.3. The molecule has 0 aliphatic rings. The van der Waals surface area contributed by atoms with Crippen molar-refractivity contribution in [2.24, 2.45) is 0 Å². The first-order valence-electron chi connectivity index (χ1n) is 10.5. The average molecular weight is 469 g/mol. The number of rotatable bonds is 9. The van der Waals surface area contributed by atoms with Gasteiger partial charge in [0.25, 0.3) is 0 Å². The van der Waals surface area contributed by atoms with Crippen LogP contribution in [0.2, 0.25) is 5.02 Å². The van der Waals surface area contributed by atoms with Gasteiger partial charge >= 0.3 is 0 Å². The molecule has 2 aromatic heterocycles. The molecule has 9 heteroatoms. The molecule has 0 aliphatic heterocycles. The molecule has 0 saturated heterocycles. The summed E-state index contributed by atoms with van der Waals surface area (Å²) in [5.74, 6) is 2.32. The number of halogens is 1. The molecule has 1 unspecified atom stereocenters. The van der Waals surface area contributed by atoms with E-state index < -0.39 is 0 Å². The molecule has 174 valence electrons. The Balaban J connectivity index is 2.05. The highest BCUT2D eigenvalue weighted by atomic mass is 35.5. The molecule has 0 saturated carbocycles. The number of nitrogen functional groups attached to an aromatic ring is 1. The second kappa shape index (κ2) is 10.5. The Bertz CT molecular complexity index is 1150. The molecule has 3 aromatic rings. The molecule has 0 bridgehead atoms. The van der Waals surface area contributed by atoms with Crippen LogP contribution in [0.15, 0.2) is 37.3 Å². The number of anilines is 3. The van der Waals surface area contributed by atoms with Gasteiger partial charge in [0.2, 0.25) is 0 Å². The van der Waals surface area contributed by atoms with E-state index in [0.717, 1.165) is 27.8 Å². The molecule has 0 spiro atoms. The fourth-order valence-electron chi connectivity index (χ4n) is 3.68. The zero-order chi connectivity index (χ0) is 24.1. The standard InChI is InChI=1S/C24H29ClN6O2/c1-13(2)20-23(26)29-12-30-24(20)31-15(4)17-10-18(25)14(3)21(22(17)33-5)16-6-7-19(28-11-16)27-8-9-32/h6-7,10-12,15,32H,1,8-9H2,2-5H3,(H,27,28)(H3,26,29,30,31). The van der Waals surface area contributed by atoms with E-state index in [2.05, 4.69) is 32.2 Å². The van der Waals surface area contributed by atoms with Gasteiger partial charge < -0.3 is 26.2 Å². The number of hydrogen-bond acceptors (Lipinski definition) is 8. The number of benzene rings is 1. The van der Waals surface area contributed by atoms with E-state index >= 15 is 0 Å². The topological polar surface area (TPSA) is 118 Å². The summed E-state index contributed by atoms with van der Waals surface area (Å²) in [4.78, 5) is 12.9. The minimum absolute atomic E-state index is 0.0317. The molecule has 33 heavy (non-hydrogen) atoms. The molecule has 0 amide bonds. The Labute approximate surface area is 198 Å². The lowest BCUT2D eigenvalue weighted by Gasteiger charge is -2.23. The monoisotopic (exact) mass is 468 g/mol. The normalized spacial score (nSPS) is 11.7. The van der Waals surface area contributed by atoms with E-state index in [4.69, 9.17) is 27.2 Å². The fraction of sp³-hybridized carbons (Fsp3) is 0.292. The largest absolute Gasteiger partial charge is 0.496 e. The van der Waals surface area contributed by atoms with Crippen molar-refractivity contribution in [2.45, 2.75) is 26.8 Å². The lowest BCUT2D eigenvalue weighted by Crippen LogP contribution is -2.13. The molecular weight excluding hydrogens is 440 g/mol. The summed E-state index contributed by atoms with van der Waals surface area (Å²) in [5.41, 5.74) is 11.0. The van der Waals surface area contributed by atoms with Crippen molar-refractivity contribution in [1.29, 1.82) is 0 Å². The van der Waals surface area contributed by atoms with Crippen molar-refractivity contribution in [3.8, 4) is 16.9 Å². The first-order chi connectivity index (χ1) is 15.8. The Morgan fingerprint density at radius 3 is 2.67 bits per heavy atom. The molecule has 0 radical (unpaired) electrons. The quantitative estimate of drug-likeness (QED) is 0.357. The Hall–Kier alpha value is -3.36. The summed E-state index contributed by atoms with van der Waals surface area (Å²) < 4.78 is 5.87. The van der Waals surface area contributed by atoms with Crippen LogP contribution in [0.25, 0.3) is 16.7 Å². The summed E-state index contributed by atoms with van der Waals surface area (Å²) in [6.45, 7) is 10.3. The summed E-state index contributed by atoms with van der Waals surface area (Å²) in [7, 11) is 1.63. The molecule has 0 fully saturated rings. The van der Waals surface area contributed by atoms with Gasteiger partial charge in [-0.05, 0) is 50.1 Å². The zero-order valence-corrected chi connectivity index (χ0v) is 20.0. The van der Waals surface area contributed by atoms with Crippen LogP contribution >= 0.6 is 11.6 Å². The van der Waals surface area contributed by atoms with Gasteiger partial charge in [-0.3, -0.25) is 0 Å². The van der Waals surface area contributed by atoms with E-state index in [9.17, 15) is 0 Å². The summed E-state index contributed by atoms with van der Waals surface area (Å²) in [6.07, 6.45) is 3.17. The van der Waals surface area contributed by atoms with E-state index in [1.54, 1.807) is 13.3 Å². The number of nitrogens with zero attached hydrogens (tertiary/aromatic N) is 3. The number of aliphatic hydroxyl groups excluding tert-OH is 1. The minimum atomic E-state index is -0.220. The number of nitrogens with one attached hydrogen (secondary N) is 2. The van der Waals surface area contributed by atoms with Crippen LogP contribution in [0.3, 0.4) is 0 Å². The third-order valence-corrected chi connectivity index (χ3v) is 5.69. The molecule has 3 rings (SSSR count). The predicted octanol–water partition coefficient (Wildman–Crippen LogP) is 4.70. The lowest BCUT2D eigenvalue weighted by atomic mass is 9.94. The van der Waals surface area contributed by atoms with Crippen molar-refractivity contribution in [3.63, 3.8) is 0 Å². The Morgan fingerprint density at radius 1 is 1.30 bits per heavy atom. The number of aliphatic hydroxyl groups is 1. The summed E-state index contributed by atoms with van der Waals surface area (Å²) in [6, 6.07) is 5.48. The number of hydrogen-bond donors (Lipinski definition) is 4. The number of methoxy groups -OCH3 is 1. The van der Waals surface area contributed by atoms with Crippen LogP contribution in [0, 0.1) is 6.92 Å². The van der Waals surface area contributed by atoms with E-state index in [0.29, 0.717) is 40.3 Å². The molecule has 1 atom stereocenters. The third kappa shape index (κ3) is 5.18. The number of nitrogens with two attached hydrogens (primary N) is 1. The maximum absolute atomic E-state index is 9.00. The van der Waals surface area contributed by atoms with E-state index in [1.165, 1.54) is 6.33 Å². The SMILES string of the molecule is C=C(C)c1c(N)ncnc1NC(C)c1cc(Cl)c(C)c(-c2ccc(NCCO)nc2)c1OC. The Kier molecular flexibility index (Phi) is 7.73. The highest BCUT2D eigenvalue weighted by molar-refractivity contribution is 6.32. The van der Waals surface area contributed by atoms with Gasteiger partial charge in [-0.25, -0.2) is 15.0 Å². The summed E-state index contributed by atoms with van der Waals surface area (Å²) >= 11 is 6.65. The summed E-state index contributed by atoms with van der Waals surface area (Å²) in [5, 5.41) is 16.1. The second-order valence-corrected chi connectivity index (χ2v) is 8.10. The predicted molar refractivity (Wildman–Crippen MR) is 135 cm³/mol. The van der Waals surface area contributed by atoms with Crippen molar-refractivity contribution in [3.05, 3.63) is 59.0 Å². The van der Waals surface area contributed by atoms with Crippen molar-refractivity contribution >= 4 is 34.6 Å². The van der Waals surface area contributed by atoms with Crippen LogP contribution in [-0.2, 0) is 0 Å². The van der Waals surface area contributed by atoms with Crippen LogP contribution < -0.4 is 21.1 Å². The lowest BCUT2D eigenvalue weighted by molar-refractivity contribution is 0.311. The average Bonchev–Trinajstić information content (AvgIpc) is 2.79. The maximum atomic E-state index is 9.00. The van der Waals surface area contributed by atoms with Crippen molar-refractivity contribution in [2.75, 3.05) is 36.6 Å².